The third-order valence-electron chi connectivity index (χ3n) is 3.17. The van der Waals surface area contributed by atoms with Crippen LogP contribution in [0.4, 0.5) is 10.7 Å². The van der Waals surface area contributed by atoms with Crippen molar-refractivity contribution in [1.29, 1.82) is 0 Å². The summed E-state index contributed by atoms with van der Waals surface area (Å²) in [6.07, 6.45) is 5.66. The zero-order chi connectivity index (χ0) is 14.8. The molecule has 0 saturated heterocycles. The van der Waals surface area contributed by atoms with Gasteiger partial charge in [0.05, 0.1) is 4.92 Å². The summed E-state index contributed by atoms with van der Waals surface area (Å²) < 4.78 is 9.84. The Balaban J connectivity index is 2.22. The molecule has 0 bridgehead atoms. The Morgan fingerprint density at radius 1 is 1.35 bits per heavy atom. The van der Waals surface area contributed by atoms with Crippen LogP contribution in [0.1, 0.15) is 52.9 Å². The maximum Gasteiger partial charge on any atom is 0.370 e. The highest BCUT2D eigenvalue weighted by molar-refractivity contribution is 7.10. The Morgan fingerprint density at radius 2 is 2.00 bits per heavy atom. The number of ether oxygens (including phenoxy) is 1. The minimum atomic E-state index is -0.426. The number of nitrogens with zero attached hydrogens (tertiary/aromatic N) is 2. The molecule has 6 nitrogen and oxygen atoms in total. The average Bonchev–Trinajstić information content (AvgIpc) is 2.71. The molecule has 1 aromatic rings. The number of aromatic nitrogens is 1. The van der Waals surface area contributed by atoms with Crippen molar-refractivity contribution in [1.82, 2.24) is 4.37 Å². The topological polar surface area (TPSA) is 77.3 Å². The van der Waals surface area contributed by atoms with E-state index in [9.17, 15) is 10.1 Å². The Bertz CT molecular complexity index is 476. The van der Waals surface area contributed by atoms with Crippen molar-refractivity contribution in [3.63, 3.8) is 0 Å². The monoisotopic (exact) mass is 299 g/mol. The van der Waals surface area contributed by atoms with Gasteiger partial charge in [-0.25, -0.2) is 0 Å². The van der Waals surface area contributed by atoms with Gasteiger partial charge in [0.2, 0.25) is 0 Å². The van der Waals surface area contributed by atoms with Gasteiger partial charge in [-0.05, 0) is 33.6 Å². The lowest BCUT2D eigenvalue weighted by atomic mass is 9.95. The van der Waals surface area contributed by atoms with Gasteiger partial charge in [0.15, 0.2) is 5.69 Å². The molecule has 1 aliphatic carbocycles. The smallest absolute Gasteiger partial charge is 0.370 e. The minimum Gasteiger partial charge on any atom is -0.470 e. The average molecular weight is 299 g/mol. The van der Waals surface area contributed by atoms with E-state index in [1.165, 1.54) is 19.3 Å². The molecule has 1 saturated carbocycles. The molecule has 0 atom stereocenters. The molecule has 0 unspecified atom stereocenters. The fourth-order valence-electron chi connectivity index (χ4n) is 2.33. The molecule has 7 heteroatoms. The van der Waals surface area contributed by atoms with E-state index in [0.29, 0.717) is 11.6 Å². The number of hydrogen-bond donors (Lipinski definition) is 1. The van der Waals surface area contributed by atoms with E-state index < -0.39 is 10.5 Å². The second kappa shape index (κ2) is 5.95. The molecule has 0 radical (unpaired) electrons. The minimum absolute atomic E-state index is 0.0369. The van der Waals surface area contributed by atoms with E-state index in [4.69, 9.17) is 4.74 Å². The van der Waals surface area contributed by atoms with E-state index >= 15 is 0 Å². The van der Waals surface area contributed by atoms with Crippen LogP contribution in [0.2, 0.25) is 0 Å². The third-order valence-corrected chi connectivity index (χ3v) is 3.95. The lowest BCUT2D eigenvalue weighted by Crippen LogP contribution is -2.26. The Labute approximate surface area is 122 Å². The largest absolute Gasteiger partial charge is 0.470 e. The quantitative estimate of drug-likeness (QED) is 0.672. The van der Waals surface area contributed by atoms with Crippen LogP contribution in [0.3, 0.4) is 0 Å². The van der Waals surface area contributed by atoms with Crippen molar-refractivity contribution in [2.75, 3.05) is 5.32 Å². The van der Waals surface area contributed by atoms with Crippen molar-refractivity contribution < 1.29 is 9.66 Å². The summed E-state index contributed by atoms with van der Waals surface area (Å²) in [4.78, 5) is 10.7. The Kier molecular flexibility index (Phi) is 4.47. The van der Waals surface area contributed by atoms with Gasteiger partial charge in [-0.3, -0.25) is 10.1 Å². The summed E-state index contributed by atoms with van der Waals surface area (Å²) >= 11 is 0.877. The molecular formula is C13H21N3O3S. The van der Waals surface area contributed by atoms with Crippen molar-refractivity contribution >= 4 is 22.2 Å². The normalized spacial score (nSPS) is 16.9. The fraction of sp³-hybridized carbons (Fsp3) is 0.769. The van der Waals surface area contributed by atoms with Crippen LogP contribution in [0, 0.1) is 10.1 Å². The number of hydrogen-bond acceptors (Lipinski definition) is 6. The predicted molar refractivity (Wildman–Crippen MR) is 79.6 cm³/mol. The molecule has 0 aromatic carbocycles. The maximum atomic E-state index is 11.1. The highest BCUT2D eigenvalue weighted by atomic mass is 32.1. The van der Waals surface area contributed by atoms with Crippen molar-refractivity contribution in [3.05, 3.63) is 10.1 Å². The van der Waals surface area contributed by atoms with Crippen LogP contribution in [0.5, 0.6) is 5.88 Å². The van der Waals surface area contributed by atoms with Crippen LogP contribution < -0.4 is 10.1 Å². The van der Waals surface area contributed by atoms with E-state index in [0.717, 1.165) is 24.4 Å². The van der Waals surface area contributed by atoms with E-state index in [2.05, 4.69) is 9.69 Å². The Hall–Kier alpha value is -1.37. The summed E-state index contributed by atoms with van der Waals surface area (Å²) in [7, 11) is 0. The van der Waals surface area contributed by atoms with Crippen molar-refractivity contribution in [2.24, 2.45) is 0 Å². The lowest BCUT2D eigenvalue weighted by Gasteiger charge is -2.25. The van der Waals surface area contributed by atoms with Gasteiger partial charge in [0.1, 0.15) is 5.60 Å². The van der Waals surface area contributed by atoms with Crippen LogP contribution in [-0.4, -0.2) is 20.9 Å². The summed E-state index contributed by atoms with van der Waals surface area (Å²) in [5.41, 5.74) is 0.0205. The second-order valence-electron chi connectivity index (χ2n) is 6.12. The van der Waals surface area contributed by atoms with E-state index in [1.54, 1.807) is 0 Å². The maximum absolute atomic E-state index is 11.1. The summed E-state index contributed by atoms with van der Waals surface area (Å²) in [5, 5.41) is 14.4. The highest BCUT2D eigenvalue weighted by Gasteiger charge is 2.29. The molecule has 2 rings (SSSR count). The molecule has 1 fully saturated rings. The SMILES string of the molecule is CC(C)(C)Oc1nsc([N+](=O)[O-])c1NC1CCCCC1. The first-order chi connectivity index (χ1) is 9.37. The first-order valence-corrected chi connectivity index (χ1v) is 7.74. The van der Waals surface area contributed by atoms with Crippen molar-refractivity contribution in [3.8, 4) is 5.88 Å². The molecule has 0 aliphatic heterocycles. The van der Waals surface area contributed by atoms with Crippen LogP contribution in [0.25, 0.3) is 0 Å². The first-order valence-electron chi connectivity index (χ1n) is 6.96. The lowest BCUT2D eigenvalue weighted by molar-refractivity contribution is -0.379. The van der Waals surface area contributed by atoms with Crippen LogP contribution >= 0.6 is 11.5 Å². The second-order valence-corrected chi connectivity index (χ2v) is 6.87. The van der Waals surface area contributed by atoms with Gasteiger partial charge >= 0.3 is 5.00 Å². The fourth-order valence-corrected chi connectivity index (χ4v) is 2.93. The van der Waals surface area contributed by atoms with Gasteiger partial charge in [-0.15, -0.1) is 4.37 Å². The molecule has 1 heterocycles. The standard InChI is InChI=1S/C13H21N3O3S/c1-13(2,3)19-11-10(12(16(17)18)20-15-11)14-9-7-5-4-6-8-9/h9,14H,4-8H2,1-3H3. The molecular weight excluding hydrogens is 278 g/mol. The van der Waals surface area contributed by atoms with Crippen molar-refractivity contribution in [2.45, 2.75) is 64.5 Å². The predicted octanol–water partition coefficient (Wildman–Crippen LogP) is 3.97. The summed E-state index contributed by atoms with van der Waals surface area (Å²) in [5.74, 6) is 0.347. The van der Waals surface area contributed by atoms with E-state index in [1.807, 2.05) is 20.8 Å². The van der Waals surface area contributed by atoms with Gasteiger partial charge in [0.25, 0.3) is 5.88 Å². The zero-order valence-corrected chi connectivity index (χ0v) is 13.0. The third kappa shape index (κ3) is 3.82. The molecule has 1 aliphatic rings. The highest BCUT2D eigenvalue weighted by Crippen LogP contribution is 2.40. The molecule has 20 heavy (non-hydrogen) atoms. The van der Waals surface area contributed by atoms with Gasteiger partial charge < -0.3 is 10.1 Å². The zero-order valence-electron chi connectivity index (χ0n) is 12.1. The van der Waals surface area contributed by atoms with Crippen LogP contribution in [0.15, 0.2) is 0 Å². The molecule has 1 aromatic heterocycles. The van der Waals surface area contributed by atoms with Gasteiger partial charge in [0, 0.05) is 17.6 Å². The number of nitrogens with one attached hydrogen (secondary N) is 1. The van der Waals surface area contributed by atoms with E-state index in [-0.39, 0.29) is 11.0 Å². The molecule has 0 spiro atoms. The molecule has 112 valence electrons. The van der Waals surface area contributed by atoms with Crippen LogP contribution in [-0.2, 0) is 0 Å². The summed E-state index contributed by atoms with van der Waals surface area (Å²) in [6.45, 7) is 5.72. The van der Waals surface area contributed by atoms with Gasteiger partial charge in [-0.1, -0.05) is 19.3 Å². The number of rotatable bonds is 4. The number of nitro groups is 1. The number of anilines is 1. The first kappa shape index (κ1) is 15.0. The Morgan fingerprint density at radius 3 is 2.55 bits per heavy atom. The molecule has 0 amide bonds. The summed E-state index contributed by atoms with van der Waals surface area (Å²) in [6, 6.07) is 0.279. The molecule has 1 N–H and O–H groups in total. The van der Waals surface area contributed by atoms with Gasteiger partial charge in [-0.2, -0.15) is 0 Å².